The number of nitrogens with two attached hydrogens (primary N) is 1. The molecule has 0 saturated carbocycles. The van der Waals surface area contributed by atoms with E-state index in [1.165, 1.54) is 12.3 Å². The van der Waals surface area contributed by atoms with Crippen molar-refractivity contribution >= 4 is 5.82 Å². The monoisotopic (exact) mass is 282 g/mol. The lowest BCUT2D eigenvalue weighted by Gasteiger charge is -2.24. The van der Waals surface area contributed by atoms with Crippen LogP contribution >= 0.6 is 0 Å². The second-order valence-corrected chi connectivity index (χ2v) is 4.37. The molecule has 108 valence electrons. The number of anilines is 1. The molecule has 0 spiro atoms. The van der Waals surface area contributed by atoms with Gasteiger partial charge in [0.1, 0.15) is 18.0 Å². The van der Waals surface area contributed by atoms with Gasteiger partial charge < -0.3 is 20.7 Å². The first-order chi connectivity index (χ1) is 9.45. The van der Waals surface area contributed by atoms with Crippen LogP contribution in [0.25, 0.3) is 10.4 Å². The summed E-state index contributed by atoms with van der Waals surface area (Å²) in [6, 6.07) is 1.35. The third kappa shape index (κ3) is 2.10. The summed E-state index contributed by atoms with van der Waals surface area (Å²) >= 11 is 0. The molecule has 2 rings (SSSR count). The fourth-order valence-corrected chi connectivity index (χ4v) is 2.13. The van der Waals surface area contributed by atoms with Crippen molar-refractivity contribution in [3.63, 3.8) is 0 Å². The Balaban J connectivity index is 2.45. The number of aromatic nitrogens is 2. The third-order valence-corrected chi connectivity index (χ3v) is 3.25. The molecular formula is C10H14N6O4. The molecule has 1 aromatic heterocycles. The van der Waals surface area contributed by atoms with Crippen LogP contribution in [-0.2, 0) is 4.74 Å². The molecule has 4 atom stereocenters. The first-order valence-corrected chi connectivity index (χ1v) is 5.90. The number of nitrogen functional groups attached to an aromatic ring is 1. The summed E-state index contributed by atoms with van der Waals surface area (Å²) in [5, 5.41) is 23.5. The van der Waals surface area contributed by atoms with Gasteiger partial charge in [-0.05, 0) is 18.0 Å². The highest BCUT2D eigenvalue weighted by Crippen LogP contribution is 2.39. The Morgan fingerprint density at radius 2 is 2.40 bits per heavy atom. The summed E-state index contributed by atoms with van der Waals surface area (Å²) in [6.45, 7) is 1.62. The highest BCUT2D eigenvalue weighted by atomic mass is 16.6. The Kier molecular flexibility index (Phi) is 3.64. The SMILES string of the molecule is CC[C@@]1(N=[N+]=[N-])O[C@@H](n2ccc(N)nc2=O)C(O)[C@@H]1O. The van der Waals surface area contributed by atoms with E-state index in [-0.39, 0.29) is 12.2 Å². The van der Waals surface area contributed by atoms with Gasteiger partial charge in [-0.2, -0.15) is 4.98 Å². The molecule has 2 heterocycles. The van der Waals surface area contributed by atoms with Crippen molar-refractivity contribution in [1.29, 1.82) is 0 Å². The van der Waals surface area contributed by atoms with Gasteiger partial charge in [0.05, 0.1) is 0 Å². The molecule has 1 fully saturated rings. The molecule has 1 aromatic rings. The van der Waals surface area contributed by atoms with Crippen LogP contribution in [0.3, 0.4) is 0 Å². The minimum atomic E-state index is -1.63. The first kappa shape index (κ1) is 14.3. The van der Waals surface area contributed by atoms with E-state index < -0.39 is 29.9 Å². The third-order valence-electron chi connectivity index (χ3n) is 3.25. The number of aliphatic hydroxyl groups excluding tert-OH is 2. The number of ether oxygens (including phenoxy) is 1. The molecule has 0 amide bonds. The Morgan fingerprint density at radius 3 is 2.95 bits per heavy atom. The fourth-order valence-electron chi connectivity index (χ4n) is 2.13. The van der Waals surface area contributed by atoms with Crippen molar-refractivity contribution in [2.45, 2.75) is 37.5 Å². The number of azide groups is 1. The first-order valence-electron chi connectivity index (χ1n) is 5.90. The van der Waals surface area contributed by atoms with Crippen LogP contribution in [0.2, 0.25) is 0 Å². The molecule has 0 radical (unpaired) electrons. The lowest BCUT2D eigenvalue weighted by Crippen LogP contribution is -2.40. The molecule has 1 aliphatic rings. The van der Waals surface area contributed by atoms with E-state index in [0.29, 0.717) is 0 Å². The minimum absolute atomic E-state index is 0.0242. The average Bonchev–Trinajstić information content (AvgIpc) is 2.65. The van der Waals surface area contributed by atoms with Gasteiger partial charge in [0.2, 0.25) is 0 Å². The summed E-state index contributed by atoms with van der Waals surface area (Å²) in [5.74, 6) is 0.0242. The maximum atomic E-state index is 11.7. The maximum absolute atomic E-state index is 11.7. The van der Waals surface area contributed by atoms with E-state index in [9.17, 15) is 15.0 Å². The van der Waals surface area contributed by atoms with E-state index in [1.54, 1.807) is 6.92 Å². The van der Waals surface area contributed by atoms with Crippen molar-refractivity contribution < 1.29 is 14.9 Å². The second kappa shape index (κ2) is 5.10. The Labute approximate surface area is 113 Å². The molecule has 0 bridgehead atoms. The molecule has 0 aliphatic carbocycles. The molecule has 1 saturated heterocycles. The van der Waals surface area contributed by atoms with E-state index in [0.717, 1.165) is 4.57 Å². The molecule has 10 heteroatoms. The van der Waals surface area contributed by atoms with Crippen molar-refractivity contribution in [2.75, 3.05) is 5.73 Å². The summed E-state index contributed by atoms with van der Waals surface area (Å²) in [6.07, 6.45) is -2.70. The fraction of sp³-hybridized carbons (Fsp3) is 0.600. The van der Waals surface area contributed by atoms with Gasteiger partial charge in [-0.25, -0.2) is 4.79 Å². The number of aliphatic hydroxyl groups is 2. The van der Waals surface area contributed by atoms with Gasteiger partial charge in [-0.3, -0.25) is 4.57 Å². The van der Waals surface area contributed by atoms with E-state index in [1.807, 2.05) is 0 Å². The molecule has 1 unspecified atom stereocenters. The molecule has 0 aromatic carbocycles. The lowest BCUT2D eigenvalue weighted by molar-refractivity contribution is -0.103. The average molecular weight is 282 g/mol. The largest absolute Gasteiger partial charge is 0.387 e. The zero-order valence-corrected chi connectivity index (χ0v) is 10.6. The Bertz CT molecular complexity index is 612. The lowest BCUT2D eigenvalue weighted by atomic mass is 10.0. The second-order valence-electron chi connectivity index (χ2n) is 4.37. The zero-order chi connectivity index (χ0) is 14.9. The van der Waals surface area contributed by atoms with Crippen LogP contribution in [-0.4, -0.2) is 37.7 Å². The van der Waals surface area contributed by atoms with Gasteiger partial charge in [0, 0.05) is 11.1 Å². The zero-order valence-electron chi connectivity index (χ0n) is 10.6. The summed E-state index contributed by atoms with van der Waals surface area (Å²) in [5.41, 5.74) is 11.6. The standard InChI is InChI=1S/C10H14N6O4/c1-2-10(14-15-12)7(18)6(17)8(20-10)16-4-3-5(11)13-9(16)19/h3-4,6-8,17-18H,2H2,1H3,(H2,11,13,19)/t6?,7-,8+,10+/m0/s1. The number of hydrogen-bond donors (Lipinski definition) is 3. The van der Waals surface area contributed by atoms with Crippen LogP contribution in [0.15, 0.2) is 22.2 Å². The molecule has 1 aliphatic heterocycles. The van der Waals surface area contributed by atoms with Gasteiger partial charge >= 0.3 is 5.69 Å². The normalized spacial score (nSPS) is 32.9. The van der Waals surface area contributed by atoms with Crippen molar-refractivity contribution in [3.8, 4) is 0 Å². The van der Waals surface area contributed by atoms with Crippen LogP contribution < -0.4 is 11.4 Å². The van der Waals surface area contributed by atoms with Gasteiger partial charge in [0.25, 0.3) is 0 Å². The van der Waals surface area contributed by atoms with Gasteiger partial charge in [-0.15, -0.1) is 0 Å². The smallest absolute Gasteiger partial charge is 0.351 e. The number of rotatable bonds is 3. The Morgan fingerprint density at radius 1 is 1.70 bits per heavy atom. The summed E-state index contributed by atoms with van der Waals surface area (Å²) < 4.78 is 6.41. The molecule has 20 heavy (non-hydrogen) atoms. The van der Waals surface area contributed by atoms with Crippen molar-refractivity contribution in [3.05, 3.63) is 33.2 Å². The highest BCUT2D eigenvalue weighted by Gasteiger charge is 2.53. The van der Waals surface area contributed by atoms with E-state index >= 15 is 0 Å². The summed E-state index contributed by atoms with van der Waals surface area (Å²) in [7, 11) is 0. The van der Waals surface area contributed by atoms with Gasteiger partial charge in [0.15, 0.2) is 12.0 Å². The van der Waals surface area contributed by atoms with Crippen LogP contribution in [0, 0.1) is 0 Å². The quantitative estimate of drug-likeness (QED) is 0.384. The molecule has 4 N–H and O–H groups in total. The molecule has 10 nitrogen and oxygen atoms in total. The highest BCUT2D eigenvalue weighted by molar-refractivity contribution is 5.23. The van der Waals surface area contributed by atoms with Crippen LogP contribution in [0.1, 0.15) is 19.6 Å². The van der Waals surface area contributed by atoms with E-state index in [2.05, 4.69) is 15.0 Å². The Hall–Kier alpha value is -2.13. The van der Waals surface area contributed by atoms with Crippen LogP contribution in [0.4, 0.5) is 5.82 Å². The topological polar surface area (TPSA) is 159 Å². The van der Waals surface area contributed by atoms with E-state index in [4.69, 9.17) is 16.0 Å². The van der Waals surface area contributed by atoms with Crippen LogP contribution in [0.5, 0.6) is 0 Å². The molecular weight excluding hydrogens is 268 g/mol. The predicted octanol–water partition coefficient (Wildman–Crippen LogP) is -0.507. The maximum Gasteiger partial charge on any atom is 0.351 e. The van der Waals surface area contributed by atoms with Gasteiger partial charge in [-0.1, -0.05) is 12.0 Å². The predicted molar refractivity (Wildman–Crippen MR) is 67.2 cm³/mol. The minimum Gasteiger partial charge on any atom is -0.387 e. The number of hydrogen-bond acceptors (Lipinski definition) is 7. The van der Waals surface area contributed by atoms with Crippen molar-refractivity contribution in [1.82, 2.24) is 9.55 Å². The number of nitrogens with zero attached hydrogens (tertiary/aromatic N) is 5. The summed E-state index contributed by atoms with van der Waals surface area (Å²) in [4.78, 5) is 17.9. The van der Waals surface area contributed by atoms with Crippen molar-refractivity contribution in [2.24, 2.45) is 5.11 Å².